The molecule has 2 aliphatic rings. The molecule has 5 heteroatoms. The number of nitrogens with zero attached hydrogens (tertiary/aromatic N) is 2. The summed E-state index contributed by atoms with van der Waals surface area (Å²) < 4.78 is 0. The highest BCUT2D eigenvalue weighted by Gasteiger charge is 2.39. The number of aromatic nitrogens is 1. The number of fused-ring (bicyclic) bond motifs is 1. The predicted octanol–water partition coefficient (Wildman–Crippen LogP) is 2.58. The molecule has 0 bridgehead atoms. The van der Waals surface area contributed by atoms with Gasteiger partial charge in [0, 0.05) is 24.2 Å². The third-order valence-corrected chi connectivity index (χ3v) is 5.96. The van der Waals surface area contributed by atoms with Gasteiger partial charge in [-0.25, -0.2) is 4.98 Å². The van der Waals surface area contributed by atoms with E-state index in [1.54, 1.807) is 11.3 Å². The molecule has 1 aromatic rings. The number of rotatable bonds is 4. The van der Waals surface area contributed by atoms with Gasteiger partial charge in [0.15, 0.2) is 0 Å². The molecule has 1 amide bonds. The molecule has 0 radical (unpaired) electrons. The van der Waals surface area contributed by atoms with E-state index in [1.165, 1.54) is 30.6 Å². The average molecular weight is 307 g/mol. The van der Waals surface area contributed by atoms with Crippen molar-refractivity contribution in [2.45, 2.75) is 64.1 Å². The largest absolute Gasteiger partial charge is 0.339 e. The van der Waals surface area contributed by atoms with Gasteiger partial charge < -0.3 is 10.2 Å². The predicted molar refractivity (Wildman–Crippen MR) is 85.3 cm³/mol. The quantitative estimate of drug-likeness (QED) is 0.930. The zero-order chi connectivity index (χ0) is 14.8. The van der Waals surface area contributed by atoms with Crippen LogP contribution in [-0.4, -0.2) is 34.9 Å². The Morgan fingerprint density at radius 3 is 3.00 bits per heavy atom. The molecule has 1 aromatic heterocycles. The first kappa shape index (κ1) is 15.0. The fraction of sp³-hybridized carbons (Fsp3) is 0.750. The molecule has 1 saturated heterocycles. The van der Waals surface area contributed by atoms with E-state index in [-0.39, 0.29) is 11.9 Å². The Kier molecular flexibility index (Phi) is 4.60. The number of nitrogens with one attached hydrogen (secondary N) is 1. The molecule has 1 N–H and O–H groups in total. The summed E-state index contributed by atoms with van der Waals surface area (Å²) in [6, 6.07) is 0.609. The van der Waals surface area contributed by atoms with Gasteiger partial charge in [-0.15, -0.1) is 11.3 Å². The number of carbonyl (C=O) groups excluding carboxylic acids is 1. The van der Waals surface area contributed by atoms with Crippen molar-refractivity contribution in [3.63, 3.8) is 0 Å². The maximum Gasteiger partial charge on any atom is 0.239 e. The minimum absolute atomic E-state index is 0.0293. The van der Waals surface area contributed by atoms with E-state index in [4.69, 9.17) is 0 Å². The lowest BCUT2D eigenvalue weighted by atomic mass is 9.85. The summed E-state index contributed by atoms with van der Waals surface area (Å²) in [6.07, 6.45) is 9.08. The van der Waals surface area contributed by atoms with Crippen molar-refractivity contribution >= 4 is 17.2 Å². The average Bonchev–Trinajstić information content (AvgIpc) is 3.12. The van der Waals surface area contributed by atoms with Crippen LogP contribution in [0.2, 0.25) is 0 Å². The Morgan fingerprint density at radius 1 is 1.48 bits per heavy atom. The summed E-state index contributed by atoms with van der Waals surface area (Å²) in [7, 11) is 1.91. The van der Waals surface area contributed by atoms with Gasteiger partial charge in [0.25, 0.3) is 0 Å². The van der Waals surface area contributed by atoms with Crippen LogP contribution in [0.3, 0.4) is 0 Å². The summed E-state index contributed by atoms with van der Waals surface area (Å²) in [4.78, 5) is 20.0. The van der Waals surface area contributed by atoms with Gasteiger partial charge in [0.2, 0.25) is 5.91 Å². The van der Waals surface area contributed by atoms with Crippen LogP contribution < -0.4 is 5.32 Å². The van der Waals surface area contributed by atoms with Gasteiger partial charge in [-0.2, -0.15) is 0 Å². The highest BCUT2D eigenvalue weighted by atomic mass is 32.1. The molecule has 0 unspecified atom stereocenters. The Morgan fingerprint density at radius 2 is 2.29 bits per heavy atom. The van der Waals surface area contributed by atoms with Crippen molar-refractivity contribution in [3.8, 4) is 0 Å². The van der Waals surface area contributed by atoms with Gasteiger partial charge >= 0.3 is 0 Å². The van der Waals surface area contributed by atoms with Crippen LogP contribution >= 0.6 is 11.3 Å². The Balaban J connectivity index is 1.57. The third-order valence-electron chi connectivity index (χ3n) is 4.83. The molecule has 0 spiro atoms. The van der Waals surface area contributed by atoms with Gasteiger partial charge in [0.1, 0.15) is 0 Å². The number of aryl methyl sites for hydroxylation is 1. The lowest BCUT2D eigenvalue weighted by molar-refractivity contribution is -0.132. The van der Waals surface area contributed by atoms with E-state index >= 15 is 0 Å². The minimum Gasteiger partial charge on any atom is -0.339 e. The molecule has 1 saturated carbocycles. The van der Waals surface area contributed by atoms with Crippen molar-refractivity contribution < 1.29 is 4.79 Å². The molecular weight excluding hydrogens is 282 g/mol. The van der Waals surface area contributed by atoms with Crippen molar-refractivity contribution in [1.82, 2.24) is 15.2 Å². The van der Waals surface area contributed by atoms with Crippen molar-refractivity contribution in [1.29, 1.82) is 0 Å². The van der Waals surface area contributed by atoms with E-state index in [9.17, 15) is 4.79 Å². The van der Waals surface area contributed by atoms with Crippen LogP contribution in [0.1, 0.15) is 48.9 Å². The highest BCUT2D eigenvalue weighted by Crippen LogP contribution is 2.33. The van der Waals surface area contributed by atoms with Gasteiger partial charge in [-0.1, -0.05) is 19.8 Å². The number of thiazole rings is 1. The number of hydrogen-bond acceptors (Lipinski definition) is 4. The first-order valence-electron chi connectivity index (χ1n) is 8.12. The number of carbonyl (C=O) groups is 1. The first-order valence-corrected chi connectivity index (χ1v) is 8.93. The van der Waals surface area contributed by atoms with E-state index in [2.05, 4.69) is 17.2 Å². The zero-order valence-electron chi connectivity index (χ0n) is 13.0. The van der Waals surface area contributed by atoms with Gasteiger partial charge in [-0.05, 0) is 31.6 Å². The molecule has 21 heavy (non-hydrogen) atoms. The van der Waals surface area contributed by atoms with Crippen molar-refractivity contribution in [3.05, 3.63) is 16.1 Å². The fourth-order valence-corrected chi connectivity index (χ4v) is 4.59. The molecule has 116 valence electrons. The Labute approximate surface area is 130 Å². The molecular formula is C16H25N3OS. The summed E-state index contributed by atoms with van der Waals surface area (Å²) in [5, 5.41) is 4.72. The summed E-state index contributed by atoms with van der Waals surface area (Å²) in [5.41, 5.74) is 0. The highest BCUT2D eigenvalue weighted by molar-refractivity contribution is 7.11. The van der Waals surface area contributed by atoms with E-state index in [0.717, 1.165) is 23.8 Å². The molecule has 3 rings (SSSR count). The van der Waals surface area contributed by atoms with E-state index < -0.39 is 0 Å². The van der Waals surface area contributed by atoms with Gasteiger partial charge in [-0.3, -0.25) is 4.79 Å². The zero-order valence-corrected chi connectivity index (χ0v) is 13.8. The lowest BCUT2D eigenvalue weighted by Crippen LogP contribution is -2.43. The number of likely N-dealkylation sites (N-methyl/N-ethyl adjacent to an activating group) is 1. The van der Waals surface area contributed by atoms with Crippen LogP contribution in [0.4, 0.5) is 0 Å². The summed E-state index contributed by atoms with van der Waals surface area (Å²) >= 11 is 1.72. The van der Waals surface area contributed by atoms with Crippen LogP contribution in [0.25, 0.3) is 0 Å². The molecule has 1 aliphatic carbocycles. The molecule has 3 atom stereocenters. The summed E-state index contributed by atoms with van der Waals surface area (Å²) in [5.74, 6) is 0.965. The van der Waals surface area contributed by atoms with E-state index in [1.807, 2.05) is 18.1 Å². The maximum absolute atomic E-state index is 12.6. The molecule has 4 nitrogen and oxygen atoms in total. The Bertz CT molecular complexity index is 487. The van der Waals surface area contributed by atoms with E-state index in [0.29, 0.717) is 12.6 Å². The normalized spacial score (nSPS) is 28.4. The number of hydrogen-bond donors (Lipinski definition) is 1. The van der Waals surface area contributed by atoms with Crippen LogP contribution in [0.5, 0.6) is 0 Å². The second kappa shape index (κ2) is 6.44. The lowest BCUT2D eigenvalue weighted by Gasteiger charge is -2.24. The second-order valence-electron chi connectivity index (χ2n) is 6.37. The van der Waals surface area contributed by atoms with Crippen LogP contribution in [0.15, 0.2) is 6.20 Å². The topological polar surface area (TPSA) is 45.2 Å². The van der Waals surface area contributed by atoms with Gasteiger partial charge in [0.05, 0.1) is 17.6 Å². The third kappa shape index (κ3) is 3.29. The molecule has 0 aromatic carbocycles. The summed E-state index contributed by atoms with van der Waals surface area (Å²) in [6.45, 7) is 2.80. The fourth-order valence-electron chi connectivity index (χ4n) is 3.67. The molecule has 2 fully saturated rings. The monoisotopic (exact) mass is 307 g/mol. The smallest absolute Gasteiger partial charge is 0.239 e. The molecule has 2 heterocycles. The molecule has 1 aliphatic heterocycles. The SMILES string of the molecule is CCc1ncc(CN(C)C(=O)[C@@H]2C[C@@H]3CCCC[C@@H]3N2)s1. The van der Waals surface area contributed by atoms with Crippen molar-refractivity contribution in [2.75, 3.05) is 7.05 Å². The minimum atomic E-state index is 0.0293. The van der Waals surface area contributed by atoms with Crippen molar-refractivity contribution in [2.24, 2.45) is 5.92 Å². The van der Waals surface area contributed by atoms with Crippen LogP contribution in [0, 0.1) is 5.92 Å². The Hall–Kier alpha value is -0.940. The number of amides is 1. The van der Waals surface area contributed by atoms with Crippen LogP contribution in [-0.2, 0) is 17.8 Å². The maximum atomic E-state index is 12.6. The second-order valence-corrected chi connectivity index (χ2v) is 7.57. The standard InChI is InChI=1S/C16H25N3OS/c1-3-15-17-9-12(21-15)10-19(2)16(20)14-8-11-6-4-5-7-13(11)18-14/h9,11,13-14,18H,3-8,10H2,1-2H3/t11-,13-,14-/m0/s1. The first-order chi connectivity index (χ1) is 10.2.